The fourth-order valence-corrected chi connectivity index (χ4v) is 6.30. The predicted molar refractivity (Wildman–Crippen MR) is 165 cm³/mol. The van der Waals surface area contributed by atoms with Crippen LogP contribution in [0.25, 0.3) is 21.2 Å². The van der Waals surface area contributed by atoms with E-state index in [-0.39, 0.29) is 11.3 Å². The minimum absolute atomic E-state index is 0.0351. The van der Waals surface area contributed by atoms with Crippen LogP contribution < -0.4 is 19.1 Å². The third kappa shape index (κ3) is 4.97. The highest BCUT2D eigenvalue weighted by Crippen LogP contribution is 2.46. The van der Waals surface area contributed by atoms with E-state index in [1.807, 2.05) is 25.1 Å². The van der Waals surface area contributed by atoms with Gasteiger partial charge in [-0.3, -0.25) is 14.5 Å². The molecule has 43 heavy (non-hydrogen) atoms. The lowest BCUT2D eigenvalue weighted by Crippen LogP contribution is -2.31. The van der Waals surface area contributed by atoms with Gasteiger partial charge in [-0.2, -0.15) is 0 Å². The van der Waals surface area contributed by atoms with Crippen molar-refractivity contribution in [1.82, 2.24) is 4.98 Å². The predicted octanol–water partition coefficient (Wildman–Crippen LogP) is 7.33. The van der Waals surface area contributed by atoms with Gasteiger partial charge < -0.3 is 23.7 Å². The lowest BCUT2D eigenvalue weighted by Gasteiger charge is -2.25. The van der Waals surface area contributed by atoms with Crippen LogP contribution in [0.15, 0.2) is 76.4 Å². The molecule has 3 heterocycles. The molecule has 1 amide bonds. The molecule has 0 aliphatic carbocycles. The highest BCUT2D eigenvalue weighted by atomic mass is 32.1. The smallest absolute Gasteiger partial charge is 0.296 e. The zero-order chi connectivity index (χ0) is 30.2. The molecule has 10 heteroatoms. The number of hydrogen-bond donors (Lipinski definition) is 1. The summed E-state index contributed by atoms with van der Waals surface area (Å²) >= 11 is 1.31. The van der Waals surface area contributed by atoms with E-state index in [9.17, 15) is 14.7 Å². The van der Waals surface area contributed by atoms with Crippen LogP contribution in [0.4, 0.5) is 5.13 Å². The van der Waals surface area contributed by atoms with Crippen LogP contribution in [0.5, 0.6) is 17.2 Å². The molecule has 6 rings (SSSR count). The number of Topliss-reactive ketones (excluding diaryl/α,β-unsaturated/α-hetero) is 1. The molecule has 5 aromatic rings. The number of aliphatic hydroxyl groups excluding tert-OH is 1. The van der Waals surface area contributed by atoms with E-state index in [1.165, 1.54) is 30.5 Å². The summed E-state index contributed by atoms with van der Waals surface area (Å²) in [5.41, 5.74) is 2.55. The molecule has 220 valence electrons. The maximum atomic E-state index is 14.1. The molecule has 3 aromatic carbocycles. The van der Waals surface area contributed by atoms with Gasteiger partial charge in [-0.25, -0.2) is 4.98 Å². The van der Waals surface area contributed by atoms with Gasteiger partial charge in [-0.1, -0.05) is 48.9 Å². The van der Waals surface area contributed by atoms with Gasteiger partial charge in [0.25, 0.3) is 5.91 Å². The second kappa shape index (κ2) is 11.4. The number of methoxy groups -OCH3 is 2. The van der Waals surface area contributed by atoms with Crippen molar-refractivity contribution in [1.29, 1.82) is 0 Å². The molecule has 1 N–H and O–H groups in total. The van der Waals surface area contributed by atoms with Crippen molar-refractivity contribution >= 4 is 49.3 Å². The van der Waals surface area contributed by atoms with Crippen LogP contribution in [0.3, 0.4) is 0 Å². The lowest BCUT2D eigenvalue weighted by molar-refractivity contribution is -0.117. The molecule has 1 atom stereocenters. The largest absolute Gasteiger partial charge is 0.503 e. The molecule has 1 aliphatic rings. The van der Waals surface area contributed by atoms with Gasteiger partial charge in [0.2, 0.25) is 5.78 Å². The van der Waals surface area contributed by atoms with Crippen molar-refractivity contribution in [2.45, 2.75) is 32.7 Å². The first-order valence-corrected chi connectivity index (χ1v) is 14.7. The maximum Gasteiger partial charge on any atom is 0.296 e. The minimum Gasteiger partial charge on any atom is -0.503 e. The molecule has 0 saturated heterocycles. The van der Waals surface area contributed by atoms with E-state index in [0.29, 0.717) is 51.0 Å². The first-order valence-electron chi connectivity index (χ1n) is 13.9. The van der Waals surface area contributed by atoms with Crippen LogP contribution in [-0.4, -0.2) is 42.6 Å². The quantitative estimate of drug-likeness (QED) is 0.131. The number of amides is 1. The van der Waals surface area contributed by atoms with Gasteiger partial charge in [-0.15, -0.1) is 0 Å². The number of ketones is 1. The van der Waals surface area contributed by atoms with Gasteiger partial charge in [0.1, 0.15) is 0 Å². The van der Waals surface area contributed by atoms with Gasteiger partial charge in [0.15, 0.2) is 39.5 Å². The number of aromatic nitrogens is 1. The Labute approximate surface area is 251 Å². The summed E-state index contributed by atoms with van der Waals surface area (Å²) in [5.74, 6) is -0.629. The molecule has 1 unspecified atom stereocenters. The summed E-state index contributed by atoms with van der Waals surface area (Å²) in [6.07, 6.45) is 1.86. The van der Waals surface area contributed by atoms with Crippen molar-refractivity contribution in [3.63, 3.8) is 0 Å². The molecular weight excluding hydrogens is 568 g/mol. The standard InChI is InChI=1S/C33H30N2O7S/c1-5-6-14-41-22-13-11-19(16-24(22)40-4)28-27(29(36)25-17-20-8-7-9-23(39-3)31(20)42-25)30(37)32(38)35(28)33-34-21-12-10-18(2)15-26(21)43-33/h7-13,15-17,28,37H,5-6,14H2,1-4H3. The molecule has 1 aliphatic heterocycles. The van der Waals surface area contributed by atoms with Gasteiger partial charge in [0, 0.05) is 5.39 Å². The van der Waals surface area contributed by atoms with Crippen molar-refractivity contribution in [2.75, 3.05) is 25.7 Å². The number of anilines is 1. The number of thiazole rings is 1. The van der Waals surface area contributed by atoms with E-state index >= 15 is 0 Å². The van der Waals surface area contributed by atoms with Crippen molar-refractivity contribution in [3.05, 3.63) is 88.9 Å². The minimum atomic E-state index is -1.02. The Kier molecular flexibility index (Phi) is 7.53. The number of aliphatic hydroxyl groups is 1. The number of fused-ring (bicyclic) bond motifs is 2. The second-order valence-electron chi connectivity index (χ2n) is 10.2. The topological polar surface area (TPSA) is 111 Å². The fraction of sp³-hybridized carbons (Fsp3) is 0.242. The molecule has 2 aromatic heterocycles. The van der Waals surface area contributed by atoms with Crippen molar-refractivity contribution < 1.29 is 33.3 Å². The fourth-order valence-electron chi connectivity index (χ4n) is 5.21. The molecule has 0 fully saturated rings. The van der Waals surface area contributed by atoms with Gasteiger partial charge in [-0.05, 0) is 60.9 Å². The Morgan fingerprint density at radius 2 is 1.86 bits per heavy atom. The maximum absolute atomic E-state index is 14.1. The summed E-state index contributed by atoms with van der Waals surface area (Å²) in [6.45, 7) is 4.57. The van der Waals surface area contributed by atoms with Gasteiger partial charge in [0.05, 0.1) is 42.7 Å². The number of furan rings is 1. The number of aryl methyl sites for hydroxylation is 1. The first kappa shape index (κ1) is 28.3. The first-order chi connectivity index (χ1) is 20.8. The molecule has 0 saturated carbocycles. The van der Waals surface area contributed by atoms with Crippen LogP contribution in [0.2, 0.25) is 0 Å². The van der Waals surface area contributed by atoms with Crippen molar-refractivity contribution in [3.8, 4) is 17.2 Å². The Morgan fingerprint density at radius 1 is 1.05 bits per heavy atom. The Balaban J connectivity index is 1.49. The summed E-state index contributed by atoms with van der Waals surface area (Å²) < 4.78 is 23.8. The highest BCUT2D eigenvalue weighted by Gasteiger charge is 2.47. The number of hydrogen-bond acceptors (Lipinski definition) is 9. The number of ether oxygens (including phenoxy) is 3. The van der Waals surface area contributed by atoms with E-state index in [2.05, 4.69) is 6.92 Å². The number of nitrogens with zero attached hydrogens (tertiary/aromatic N) is 2. The Morgan fingerprint density at radius 3 is 2.63 bits per heavy atom. The number of para-hydroxylation sites is 1. The van der Waals surface area contributed by atoms with Crippen LogP contribution in [-0.2, 0) is 4.79 Å². The third-order valence-corrected chi connectivity index (χ3v) is 8.42. The number of unbranched alkanes of at least 4 members (excludes halogenated alkanes) is 1. The number of carbonyl (C=O) groups excluding carboxylic acids is 2. The van der Waals surface area contributed by atoms with Crippen LogP contribution >= 0.6 is 11.3 Å². The summed E-state index contributed by atoms with van der Waals surface area (Å²) in [5, 5.41) is 12.3. The summed E-state index contributed by atoms with van der Waals surface area (Å²) in [6, 6.07) is 16.9. The monoisotopic (exact) mass is 598 g/mol. The molecule has 0 bridgehead atoms. The number of carbonyl (C=O) groups is 2. The lowest BCUT2D eigenvalue weighted by atomic mass is 9.95. The average Bonchev–Trinajstić information content (AvgIpc) is 3.70. The summed E-state index contributed by atoms with van der Waals surface area (Å²) in [7, 11) is 3.04. The molecule has 9 nitrogen and oxygen atoms in total. The van der Waals surface area contributed by atoms with E-state index < -0.39 is 23.5 Å². The molecule has 0 radical (unpaired) electrons. The number of benzene rings is 3. The summed E-state index contributed by atoms with van der Waals surface area (Å²) in [4.78, 5) is 34.0. The van der Waals surface area contributed by atoms with Gasteiger partial charge >= 0.3 is 0 Å². The highest BCUT2D eigenvalue weighted by molar-refractivity contribution is 7.22. The normalized spacial score (nSPS) is 15.1. The zero-order valence-electron chi connectivity index (χ0n) is 24.2. The van der Waals surface area contributed by atoms with Crippen molar-refractivity contribution in [2.24, 2.45) is 0 Å². The third-order valence-electron chi connectivity index (χ3n) is 7.40. The number of rotatable bonds is 10. The second-order valence-corrected chi connectivity index (χ2v) is 11.2. The van der Waals surface area contributed by atoms with Crippen LogP contribution in [0.1, 0.15) is 47.5 Å². The Hall–Kier alpha value is -4.83. The Bertz CT molecular complexity index is 1900. The average molecular weight is 599 g/mol. The molecule has 0 spiro atoms. The molecular formula is C33H30N2O7S. The van der Waals surface area contributed by atoms with E-state index in [4.69, 9.17) is 23.6 Å². The SMILES string of the molecule is CCCCOc1ccc(C2C(C(=O)c3cc4cccc(OC)c4o3)=C(O)C(=O)N2c2nc3ccc(C)cc3s2)cc1OC. The zero-order valence-corrected chi connectivity index (χ0v) is 25.0. The van der Waals surface area contributed by atoms with Crippen LogP contribution in [0, 0.1) is 6.92 Å². The van der Waals surface area contributed by atoms with E-state index in [0.717, 1.165) is 23.1 Å². The van der Waals surface area contributed by atoms with E-state index in [1.54, 1.807) is 42.5 Å².